The number of aryl methyl sites for hydroxylation is 1. The largest absolute Gasteiger partial charge is 0.497 e. The molecule has 3 N–H and O–H groups in total. The zero-order valence-corrected chi connectivity index (χ0v) is 18.9. The molecular weight excluding hydrogens is 446 g/mol. The molecule has 1 heterocycles. The molecular formula is C24H24ClN3O5. The average molecular weight is 470 g/mol. The highest BCUT2D eigenvalue weighted by atomic mass is 35.5. The Morgan fingerprint density at radius 3 is 2.45 bits per heavy atom. The fourth-order valence-corrected chi connectivity index (χ4v) is 3.52. The third-order valence-corrected chi connectivity index (χ3v) is 5.48. The van der Waals surface area contributed by atoms with Gasteiger partial charge in [-0.1, -0.05) is 41.9 Å². The molecule has 0 aliphatic heterocycles. The second kappa shape index (κ2) is 10.7. The van der Waals surface area contributed by atoms with Gasteiger partial charge in [0.15, 0.2) is 0 Å². The molecule has 1 aromatic heterocycles. The molecule has 2 aromatic carbocycles. The third-order valence-electron chi connectivity index (χ3n) is 5.11. The maximum atomic E-state index is 13.0. The van der Waals surface area contributed by atoms with E-state index in [9.17, 15) is 19.5 Å². The van der Waals surface area contributed by atoms with Gasteiger partial charge in [-0.25, -0.2) is 4.79 Å². The molecule has 0 aliphatic rings. The monoisotopic (exact) mass is 469 g/mol. The molecule has 0 bridgehead atoms. The molecule has 9 heteroatoms. The van der Waals surface area contributed by atoms with Gasteiger partial charge in [0, 0.05) is 11.2 Å². The maximum Gasteiger partial charge on any atom is 0.319 e. The fraction of sp³-hybridized carbons (Fsp3) is 0.208. The maximum absolute atomic E-state index is 13.0. The first kappa shape index (κ1) is 23.9. The van der Waals surface area contributed by atoms with Crippen molar-refractivity contribution in [2.45, 2.75) is 25.9 Å². The number of carbonyl (C=O) groups excluding carboxylic acids is 1. The van der Waals surface area contributed by atoms with Crippen LogP contribution in [0.15, 0.2) is 65.6 Å². The number of rotatable bonds is 8. The summed E-state index contributed by atoms with van der Waals surface area (Å²) < 4.78 is 6.56. The molecule has 0 aliphatic carbocycles. The van der Waals surface area contributed by atoms with Crippen LogP contribution in [0.1, 0.15) is 29.2 Å². The zero-order chi connectivity index (χ0) is 24.0. The van der Waals surface area contributed by atoms with Crippen molar-refractivity contribution in [3.63, 3.8) is 0 Å². The van der Waals surface area contributed by atoms with Crippen LogP contribution in [0.2, 0.25) is 5.02 Å². The molecule has 1 atom stereocenters. The molecule has 0 saturated heterocycles. The Bertz CT molecular complexity index is 1210. The quantitative estimate of drug-likeness (QED) is 0.458. The van der Waals surface area contributed by atoms with E-state index >= 15 is 0 Å². The number of nitrogens with one attached hydrogen (secondary N) is 2. The SMILES string of the molecule is COc1ccc([C@H](CC(=O)O)NC(=O)Nc2c(C)ccn(Cc3ccccc3Cl)c2=O)cc1. The Balaban J connectivity index is 1.80. The number of pyridine rings is 1. The van der Waals surface area contributed by atoms with Crippen molar-refractivity contribution in [2.75, 3.05) is 12.4 Å². The van der Waals surface area contributed by atoms with E-state index in [1.54, 1.807) is 55.6 Å². The van der Waals surface area contributed by atoms with E-state index in [4.69, 9.17) is 16.3 Å². The topological polar surface area (TPSA) is 110 Å². The second-order valence-electron chi connectivity index (χ2n) is 7.42. The van der Waals surface area contributed by atoms with Gasteiger partial charge in [-0.3, -0.25) is 9.59 Å². The number of hydrogen-bond acceptors (Lipinski definition) is 4. The van der Waals surface area contributed by atoms with Crippen LogP contribution in [-0.2, 0) is 11.3 Å². The molecule has 172 valence electrons. The van der Waals surface area contributed by atoms with Gasteiger partial charge in [0.25, 0.3) is 5.56 Å². The highest BCUT2D eigenvalue weighted by molar-refractivity contribution is 6.31. The number of aromatic nitrogens is 1. The first-order valence-corrected chi connectivity index (χ1v) is 10.5. The first-order valence-electron chi connectivity index (χ1n) is 10.1. The molecule has 2 amide bonds. The Morgan fingerprint density at radius 1 is 1.12 bits per heavy atom. The number of amides is 2. The van der Waals surface area contributed by atoms with E-state index in [1.165, 1.54) is 11.7 Å². The van der Waals surface area contributed by atoms with Crippen LogP contribution in [0.5, 0.6) is 5.75 Å². The summed E-state index contributed by atoms with van der Waals surface area (Å²) in [6.45, 7) is 1.94. The van der Waals surface area contributed by atoms with E-state index in [0.717, 1.165) is 5.56 Å². The van der Waals surface area contributed by atoms with Crippen LogP contribution in [0.25, 0.3) is 0 Å². The number of halogens is 1. The van der Waals surface area contributed by atoms with Gasteiger partial charge in [-0.05, 0) is 47.9 Å². The summed E-state index contributed by atoms with van der Waals surface area (Å²) in [5.41, 5.74) is 1.63. The Hall–Kier alpha value is -3.78. The number of carbonyl (C=O) groups is 2. The lowest BCUT2D eigenvalue weighted by Gasteiger charge is -2.19. The van der Waals surface area contributed by atoms with Crippen molar-refractivity contribution < 1.29 is 19.4 Å². The van der Waals surface area contributed by atoms with E-state index < -0.39 is 23.6 Å². The molecule has 3 aromatic rings. The minimum atomic E-state index is -1.07. The van der Waals surface area contributed by atoms with Crippen LogP contribution in [0.4, 0.5) is 10.5 Å². The summed E-state index contributed by atoms with van der Waals surface area (Å²) in [6, 6.07) is 14.1. The molecule has 0 fully saturated rings. The Labute approximate surface area is 195 Å². The summed E-state index contributed by atoms with van der Waals surface area (Å²) in [5.74, 6) is -0.467. The van der Waals surface area contributed by atoms with Crippen molar-refractivity contribution in [3.05, 3.63) is 92.9 Å². The lowest BCUT2D eigenvalue weighted by atomic mass is 10.0. The molecule has 33 heavy (non-hydrogen) atoms. The third kappa shape index (κ3) is 6.14. The lowest BCUT2D eigenvalue weighted by molar-refractivity contribution is -0.137. The Morgan fingerprint density at radius 2 is 1.82 bits per heavy atom. The molecule has 0 unspecified atom stereocenters. The number of benzene rings is 2. The van der Waals surface area contributed by atoms with Crippen molar-refractivity contribution in [1.29, 1.82) is 0 Å². The summed E-state index contributed by atoms with van der Waals surface area (Å²) in [7, 11) is 1.52. The van der Waals surface area contributed by atoms with E-state index in [-0.39, 0.29) is 18.7 Å². The zero-order valence-electron chi connectivity index (χ0n) is 18.2. The van der Waals surface area contributed by atoms with Gasteiger partial charge in [0.1, 0.15) is 11.4 Å². The van der Waals surface area contributed by atoms with Gasteiger partial charge in [0.05, 0.1) is 26.1 Å². The highest BCUT2D eigenvalue weighted by Crippen LogP contribution is 2.21. The highest BCUT2D eigenvalue weighted by Gasteiger charge is 2.20. The standard InChI is InChI=1S/C24H24ClN3O5/c1-15-11-12-28(14-17-5-3-4-6-19(17)25)23(31)22(15)27-24(32)26-20(13-21(29)30)16-7-9-18(33-2)10-8-16/h3-12,20H,13-14H2,1-2H3,(H,29,30)(H2,26,27,32)/t20-/m0/s1. The predicted octanol–water partition coefficient (Wildman–Crippen LogP) is 4.20. The van der Waals surface area contributed by atoms with Gasteiger partial charge in [0.2, 0.25) is 0 Å². The average Bonchev–Trinajstić information content (AvgIpc) is 2.79. The van der Waals surface area contributed by atoms with E-state index in [0.29, 0.717) is 21.9 Å². The van der Waals surface area contributed by atoms with Crippen LogP contribution in [-0.4, -0.2) is 28.8 Å². The number of hydrogen-bond donors (Lipinski definition) is 3. The van der Waals surface area contributed by atoms with E-state index in [1.807, 2.05) is 12.1 Å². The minimum absolute atomic E-state index is 0.103. The number of carboxylic acids is 1. The van der Waals surface area contributed by atoms with Gasteiger partial charge in [-0.15, -0.1) is 0 Å². The van der Waals surface area contributed by atoms with Crippen molar-refractivity contribution >= 4 is 29.3 Å². The second-order valence-corrected chi connectivity index (χ2v) is 7.83. The smallest absolute Gasteiger partial charge is 0.319 e. The van der Waals surface area contributed by atoms with Gasteiger partial charge >= 0.3 is 12.0 Å². The number of anilines is 1. The molecule has 0 radical (unpaired) electrons. The van der Waals surface area contributed by atoms with Crippen LogP contribution in [0.3, 0.4) is 0 Å². The van der Waals surface area contributed by atoms with Gasteiger partial charge < -0.3 is 25.0 Å². The van der Waals surface area contributed by atoms with Crippen LogP contribution >= 0.6 is 11.6 Å². The number of aliphatic carboxylic acids is 1. The van der Waals surface area contributed by atoms with Crippen LogP contribution in [0, 0.1) is 6.92 Å². The fourth-order valence-electron chi connectivity index (χ4n) is 3.32. The van der Waals surface area contributed by atoms with Crippen molar-refractivity contribution in [3.8, 4) is 5.75 Å². The summed E-state index contributed by atoms with van der Waals surface area (Å²) >= 11 is 6.21. The minimum Gasteiger partial charge on any atom is -0.497 e. The van der Waals surface area contributed by atoms with Crippen LogP contribution < -0.4 is 20.9 Å². The molecule has 0 saturated carbocycles. The van der Waals surface area contributed by atoms with Gasteiger partial charge in [-0.2, -0.15) is 0 Å². The Kier molecular flexibility index (Phi) is 7.74. The predicted molar refractivity (Wildman–Crippen MR) is 126 cm³/mol. The number of ether oxygens (including phenoxy) is 1. The van der Waals surface area contributed by atoms with Crippen molar-refractivity contribution in [2.24, 2.45) is 0 Å². The number of urea groups is 1. The molecule has 3 rings (SSSR count). The number of methoxy groups -OCH3 is 1. The first-order chi connectivity index (χ1) is 15.8. The number of nitrogens with zero attached hydrogens (tertiary/aromatic N) is 1. The lowest BCUT2D eigenvalue weighted by Crippen LogP contribution is -2.36. The number of carboxylic acid groups (broad SMARTS) is 1. The summed E-state index contributed by atoms with van der Waals surface area (Å²) in [6.07, 6.45) is 1.30. The van der Waals surface area contributed by atoms with E-state index in [2.05, 4.69) is 10.6 Å². The van der Waals surface area contributed by atoms with Crippen molar-refractivity contribution in [1.82, 2.24) is 9.88 Å². The molecule has 0 spiro atoms. The summed E-state index contributed by atoms with van der Waals surface area (Å²) in [5, 5.41) is 15.0. The molecule has 8 nitrogen and oxygen atoms in total. The summed E-state index contributed by atoms with van der Waals surface area (Å²) in [4.78, 5) is 37.1. The normalized spacial score (nSPS) is 11.5.